The minimum atomic E-state index is -0.0497. The zero-order chi connectivity index (χ0) is 12.1. The van der Waals surface area contributed by atoms with Crippen LogP contribution in [0.1, 0.15) is 30.3 Å². The van der Waals surface area contributed by atoms with Gasteiger partial charge < -0.3 is 5.11 Å². The topological polar surface area (TPSA) is 50.9 Å². The Balaban J connectivity index is 2.26. The number of aryl methyl sites for hydroxylation is 1. The molecule has 0 aliphatic rings. The summed E-state index contributed by atoms with van der Waals surface area (Å²) in [4.78, 5) is 0. The second-order valence-electron chi connectivity index (χ2n) is 4.03. The van der Waals surface area contributed by atoms with Crippen LogP contribution in [0.25, 0.3) is 0 Å². The Hall–Kier alpha value is -1.68. The Morgan fingerprint density at radius 1 is 1.24 bits per heavy atom. The van der Waals surface area contributed by atoms with Gasteiger partial charge in [-0.15, -0.1) is 5.10 Å². The molecule has 2 aromatic rings. The quantitative estimate of drug-likeness (QED) is 0.853. The summed E-state index contributed by atoms with van der Waals surface area (Å²) in [7, 11) is 0. The second kappa shape index (κ2) is 5.59. The van der Waals surface area contributed by atoms with E-state index in [0.717, 1.165) is 25.1 Å². The van der Waals surface area contributed by atoms with Crippen molar-refractivity contribution in [2.45, 2.75) is 32.9 Å². The van der Waals surface area contributed by atoms with Gasteiger partial charge in [-0.05, 0) is 12.0 Å². The first-order valence-corrected chi connectivity index (χ1v) is 5.91. The number of rotatable bonds is 5. The zero-order valence-corrected chi connectivity index (χ0v) is 10.0. The standard InChI is InChI=1S/C13H17N3O/c1-2-8-16-13(12(10-17)14-15-16)9-11-6-4-3-5-7-11/h3-7,17H,2,8-10H2,1H3. The van der Waals surface area contributed by atoms with Gasteiger partial charge in [-0.25, -0.2) is 4.68 Å². The summed E-state index contributed by atoms with van der Waals surface area (Å²) in [5, 5.41) is 17.4. The number of benzene rings is 1. The molecule has 0 saturated heterocycles. The minimum absolute atomic E-state index is 0.0497. The van der Waals surface area contributed by atoms with Crippen molar-refractivity contribution in [2.24, 2.45) is 0 Å². The lowest BCUT2D eigenvalue weighted by Gasteiger charge is -2.06. The van der Waals surface area contributed by atoms with E-state index in [4.69, 9.17) is 0 Å². The van der Waals surface area contributed by atoms with Crippen LogP contribution in [-0.4, -0.2) is 20.1 Å². The van der Waals surface area contributed by atoms with Crippen LogP contribution in [0.15, 0.2) is 30.3 Å². The van der Waals surface area contributed by atoms with Crippen LogP contribution < -0.4 is 0 Å². The smallest absolute Gasteiger partial charge is 0.112 e. The fraction of sp³-hybridized carbons (Fsp3) is 0.385. The van der Waals surface area contributed by atoms with Gasteiger partial charge in [0, 0.05) is 13.0 Å². The highest BCUT2D eigenvalue weighted by Crippen LogP contribution is 2.13. The Bertz CT molecular complexity index is 465. The molecule has 17 heavy (non-hydrogen) atoms. The first kappa shape index (κ1) is 11.8. The molecule has 0 bridgehead atoms. The predicted octanol–water partition coefficient (Wildman–Crippen LogP) is 1.77. The molecular weight excluding hydrogens is 214 g/mol. The van der Waals surface area contributed by atoms with Crippen LogP contribution in [0.3, 0.4) is 0 Å². The van der Waals surface area contributed by atoms with E-state index < -0.39 is 0 Å². The molecule has 1 N–H and O–H groups in total. The maximum atomic E-state index is 9.26. The van der Waals surface area contributed by atoms with Gasteiger partial charge in [0.15, 0.2) is 0 Å². The Morgan fingerprint density at radius 3 is 2.65 bits per heavy atom. The molecule has 0 aliphatic heterocycles. The first-order valence-electron chi connectivity index (χ1n) is 5.91. The van der Waals surface area contributed by atoms with Gasteiger partial charge in [0.25, 0.3) is 0 Å². The highest BCUT2D eigenvalue weighted by Gasteiger charge is 2.11. The first-order chi connectivity index (χ1) is 8.35. The van der Waals surface area contributed by atoms with Gasteiger partial charge in [-0.2, -0.15) is 0 Å². The van der Waals surface area contributed by atoms with Crippen molar-refractivity contribution in [1.82, 2.24) is 15.0 Å². The number of hydrogen-bond donors (Lipinski definition) is 1. The van der Waals surface area contributed by atoms with Crippen molar-refractivity contribution in [1.29, 1.82) is 0 Å². The summed E-state index contributed by atoms with van der Waals surface area (Å²) >= 11 is 0. The molecule has 0 unspecified atom stereocenters. The van der Waals surface area contributed by atoms with E-state index in [1.807, 2.05) is 22.9 Å². The monoisotopic (exact) mass is 231 g/mol. The number of aliphatic hydroxyl groups excluding tert-OH is 1. The van der Waals surface area contributed by atoms with E-state index in [1.54, 1.807) is 0 Å². The van der Waals surface area contributed by atoms with E-state index >= 15 is 0 Å². The molecule has 0 radical (unpaired) electrons. The van der Waals surface area contributed by atoms with Crippen molar-refractivity contribution in [3.63, 3.8) is 0 Å². The van der Waals surface area contributed by atoms with E-state index in [2.05, 4.69) is 29.4 Å². The summed E-state index contributed by atoms with van der Waals surface area (Å²) in [5.41, 5.74) is 2.91. The third-order valence-corrected chi connectivity index (χ3v) is 2.72. The lowest BCUT2D eigenvalue weighted by Crippen LogP contribution is -2.06. The average molecular weight is 231 g/mol. The minimum Gasteiger partial charge on any atom is -0.390 e. The van der Waals surface area contributed by atoms with Gasteiger partial charge in [0.2, 0.25) is 0 Å². The molecule has 0 fully saturated rings. The van der Waals surface area contributed by atoms with Crippen LogP contribution >= 0.6 is 0 Å². The van der Waals surface area contributed by atoms with Crippen molar-refractivity contribution in [3.8, 4) is 0 Å². The van der Waals surface area contributed by atoms with Crippen LogP contribution in [0.4, 0.5) is 0 Å². The average Bonchev–Trinajstić information content (AvgIpc) is 2.74. The van der Waals surface area contributed by atoms with Gasteiger partial charge in [0.05, 0.1) is 12.3 Å². The summed E-state index contributed by atoms with van der Waals surface area (Å²) in [6.45, 7) is 2.90. The summed E-state index contributed by atoms with van der Waals surface area (Å²) in [6.07, 6.45) is 1.78. The number of nitrogens with zero attached hydrogens (tertiary/aromatic N) is 3. The molecule has 0 spiro atoms. The number of aromatic nitrogens is 3. The largest absolute Gasteiger partial charge is 0.390 e. The normalized spacial score (nSPS) is 10.7. The van der Waals surface area contributed by atoms with Gasteiger partial charge in [-0.3, -0.25) is 0 Å². The lowest BCUT2D eigenvalue weighted by molar-refractivity contribution is 0.275. The molecule has 0 atom stereocenters. The summed E-state index contributed by atoms with van der Waals surface area (Å²) < 4.78 is 1.89. The van der Waals surface area contributed by atoms with Gasteiger partial charge in [0.1, 0.15) is 5.69 Å². The third-order valence-electron chi connectivity index (χ3n) is 2.72. The van der Waals surface area contributed by atoms with Crippen LogP contribution in [0.2, 0.25) is 0 Å². The Kier molecular flexibility index (Phi) is 3.88. The Labute approximate surface area is 101 Å². The number of hydrogen-bond acceptors (Lipinski definition) is 3. The van der Waals surface area contributed by atoms with Crippen molar-refractivity contribution >= 4 is 0 Å². The number of aliphatic hydroxyl groups is 1. The maximum Gasteiger partial charge on any atom is 0.112 e. The van der Waals surface area contributed by atoms with Gasteiger partial charge in [-0.1, -0.05) is 42.5 Å². The zero-order valence-electron chi connectivity index (χ0n) is 10.0. The molecular formula is C13H17N3O. The lowest BCUT2D eigenvalue weighted by atomic mass is 10.1. The molecule has 4 nitrogen and oxygen atoms in total. The van der Waals surface area contributed by atoms with Crippen LogP contribution in [-0.2, 0) is 19.6 Å². The predicted molar refractivity (Wildman–Crippen MR) is 65.5 cm³/mol. The van der Waals surface area contributed by atoms with Crippen molar-refractivity contribution in [2.75, 3.05) is 0 Å². The van der Waals surface area contributed by atoms with E-state index in [9.17, 15) is 5.11 Å². The third kappa shape index (κ3) is 2.71. The van der Waals surface area contributed by atoms with Crippen LogP contribution in [0, 0.1) is 0 Å². The maximum absolute atomic E-state index is 9.26. The molecule has 0 amide bonds. The molecule has 0 aliphatic carbocycles. The molecule has 1 aromatic carbocycles. The van der Waals surface area contributed by atoms with E-state index in [1.165, 1.54) is 5.56 Å². The summed E-state index contributed by atoms with van der Waals surface area (Å²) in [5.74, 6) is 0. The summed E-state index contributed by atoms with van der Waals surface area (Å²) in [6, 6.07) is 10.2. The molecule has 90 valence electrons. The molecule has 0 saturated carbocycles. The van der Waals surface area contributed by atoms with Crippen molar-refractivity contribution in [3.05, 3.63) is 47.3 Å². The molecule has 1 aromatic heterocycles. The molecule has 4 heteroatoms. The molecule has 2 rings (SSSR count). The highest BCUT2D eigenvalue weighted by atomic mass is 16.3. The van der Waals surface area contributed by atoms with Gasteiger partial charge >= 0.3 is 0 Å². The second-order valence-corrected chi connectivity index (χ2v) is 4.03. The van der Waals surface area contributed by atoms with Crippen LogP contribution in [0.5, 0.6) is 0 Å². The Morgan fingerprint density at radius 2 is 2.00 bits per heavy atom. The SMILES string of the molecule is CCCn1nnc(CO)c1Cc1ccccc1. The fourth-order valence-electron chi connectivity index (χ4n) is 1.87. The fourth-order valence-corrected chi connectivity index (χ4v) is 1.87. The van der Waals surface area contributed by atoms with E-state index in [-0.39, 0.29) is 6.61 Å². The molecule has 1 heterocycles. The van der Waals surface area contributed by atoms with Crippen molar-refractivity contribution < 1.29 is 5.11 Å². The van der Waals surface area contributed by atoms with E-state index in [0.29, 0.717) is 5.69 Å². The highest BCUT2D eigenvalue weighted by molar-refractivity contribution is 5.23.